The van der Waals surface area contributed by atoms with Crippen LogP contribution in [0.15, 0.2) is 114 Å². The molecule has 0 radical (unpaired) electrons. The Kier molecular flexibility index (Phi) is 8.01. The molecule has 3 aromatic carbocycles. The third kappa shape index (κ3) is 6.13. The van der Waals surface area contributed by atoms with E-state index in [1.54, 1.807) is 22.3 Å². The van der Waals surface area contributed by atoms with Gasteiger partial charge in [0.2, 0.25) is 0 Å². The summed E-state index contributed by atoms with van der Waals surface area (Å²) >= 11 is -2.69. The Morgan fingerprint density at radius 1 is 0.639 bits per heavy atom. The molecule has 5 rings (SSSR count). The summed E-state index contributed by atoms with van der Waals surface area (Å²) < 4.78 is 4.63. The van der Waals surface area contributed by atoms with Crippen molar-refractivity contribution >= 4 is 8.07 Å². The third-order valence-corrected chi connectivity index (χ3v) is 17.9. The Hall–Kier alpha value is -1.93. The number of hydrogen-bond acceptors (Lipinski definition) is 0. The van der Waals surface area contributed by atoms with Gasteiger partial charge in [0.15, 0.2) is 0 Å². The van der Waals surface area contributed by atoms with Crippen molar-refractivity contribution in [2.75, 3.05) is 0 Å². The van der Waals surface area contributed by atoms with Gasteiger partial charge in [-0.3, -0.25) is 0 Å². The SMILES string of the molecule is C[Si](C)(C)CC1=CC2=C(CCCC2)[CH]1[Ti]([CH2]c1ccccc1)([CH2]c1ccccc1)[CH2]c1ccccc1. The molecule has 0 bridgehead atoms. The van der Waals surface area contributed by atoms with E-state index in [4.69, 9.17) is 0 Å². The summed E-state index contributed by atoms with van der Waals surface area (Å²) in [5, 5.41) is 0. The van der Waals surface area contributed by atoms with Crippen molar-refractivity contribution in [3.63, 3.8) is 0 Å². The van der Waals surface area contributed by atoms with Crippen molar-refractivity contribution in [1.29, 1.82) is 0 Å². The first-order valence-electron chi connectivity index (χ1n) is 14.0. The van der Waals surface area contributed by atoms with Gasteiger partial charge in [-0.05, 0) is 0 Å². The first-order valence-corrected chi connectivity index (χ1v) is 21.9. The number of allylic oxidation sites excluding steroid dienone is 4. The van der Waals surface area contributed by atoms with Gasteiger partial charge in [0, 0.05) is 0 Å². The van der Waals surface area contributed by atoms with Gasteiger partial charge in [0.05, 0.1) is 0 Å². The quantitative estimate of drug-likeness (QED) is 0.244. The van der Waals surface area contributed by atoms with Crippen LogP contribution in [0, 0.1) is 0 Å². The number of hydrogen-bond donors (Lipinski definition) is 0. The molecule has 0 N–H and O–H groups in total. The van der Waals surface area contributed by atoms with Gasteiger partial charge in [0.25, 0.3) is 0 Å². The molecular weight excluding hydrogens is 484 g/mol. The molecule has 3 aromatic rings. The zero-order chi connectivity index (χ0) is 25.0. The van der Waals surface area contributed by atoms with E-state index >= 15 is 0 Å². The van der Waals surface area contributed by atoms with Crippen molar-refractivity contribution in [3.05, 3.63) is 130 Å². The van der Waals surface area contributed by atoms with Crippen LogP contribution < -0.4 is 0 Å². The predicted octanol–water partition coefficient (Wildman–Crippen LogP) is 9.68. The summed E-state index contributed by atoms with van der Waals surface area (Å²) in [5.41, 5.74) is 10.1. The molecule has 0 heterocycles. The van der Waals surface area contributed by atoms with Crippen LogP contribution in [0.5, 0.6) is 0 Å². The van der Waals surface area contributed by atoms with Gasteiger partial charge in [-0.2, -0.15) is 0 Å². The van der Waals surface area contributed by atoms with Crippen molar-refractivity contribution in [2.24, 2.45) is 0 Å². The molecule has 0 fully saturated rings. The van der Waals surface area contributed by atoms with E-state index in [1.807, 2.05) is 11.1 Å². The van der Waals surface area contributed by atoms with E-state index in [0.29, 0.717) is 0 Å². The van der Waals surface area contributed by atoms with Crippen molar-refractivity contribution in [3.8, 4) is 0 Å². The second-order valence-electron chi connectivity index (χ2n) is 12.5. The minimum absolute atomic E-state index is 0.729. The average Bonchev–Trinajstić information content (AvgIpc) is 3.22. The maximum atomic E-state index is 2.73. The van der Waals surface area contributed by atoms with Gasteiger partial charge in [-0.1, -0.05) is 0 Å². The van der Waals surface area contributed by atoms with Crippen LogP contribution in [-0.2, 0) is 30.8 Å². The molecule has 1 atom stereocenters. The van der Waals surface area contributed by atoms with Gasteiger partial charge in [0.1, 0.15) is 0 Å². The second-order valence-corrected chi connectivity index (χ2v) is 24.8. The molecule has 0 aliphatic heterocycles. The zero-order valence-electron chi connectivity index (χ0n) is 22.5. The molecule has 0 nitrogen and oxygen atoms in total. The molecular formula is C34H42SiTi. The maximum absolute atomic E-state index is 2.73. The Balaban J connectivity index is 1.69. The summed E-state index contributed by atoms with van der Waals surface area (Å²) in [7, 11) is -1.25. The van der Waals surface area contributed by atoms with Crippen molar-refractivity contribution in [1.82, 2.24) is 0 Å². The average molecular weight is 527 g/mol. The van der Waals surface area contributed by atoms with Crippen molar-refractivity contribution in [2.45, 2.75) is 69.8 Å². The predicted molar refractivity (Wildman–Crippen MR) is 156 cm³/mol. The zero-order valence-corrected chi connectivity index (χ0v) is 25.0. The van der Waals surface area contributed by atoms with Gasteiger partial charge in [-0.15, -0.1) is 0 Å². The molecule has 1 unspecified atom stereocenters. The molecule has 36 heavy (non-hydrogen) atoms. The number of benzene rings is 3. The van der Waals surface area contributed by atoms with Crippen LogP contribution in [0.1, 0.15) is 42.4 Å². The van der Waals surface area contributed by atoms with Crippen LogP contribution in [0.4, 0.5) is 0 Å². The molecule has 0 saturated heterocycles. The summed E-state index contributed by atoms with van der Waals surface area (Å²) in [6.45, 7) is 7.72. The number of rotatable bonds is 9. The Morgan fingerprint density at radius 2 is 1.08 bits per heavy atom. The van der Waals surface area contributed by atoms with E-state index in [9.17, 15) is 0 Å². The first kappa shape index (κ1) is 25.7. The van der Waals surface area contributed by atoms with E-state index in [1.165, 1.54) is 45.9 Å². The van der Waals surface area contributed by atoms with Crippen molar-refractivity contribution < 1.29 is 16.6 Å². The summed E-state index contributed by atoms with van der Waals surface area (Å²) in [5.74, 6) is 0. The van der Waals surface area contributed by atoms with Crippen LogP contribution in [0.25, 0.3) is 0 Å². The topological polar surface area (TPSA) is 0 Å². The second kappa shape index (κ2) is 11.2. The molecule has 0 saturated carbocycles. The molecule has 186 valence electrons. The molecule has 2 heteroatoms. The van der Waals surface area contributed by atoms with Crippen LogP contribution >= 0.6 is 0 Å². The van der Waals surface area contributed by atoms with Crippen LogP contribution in [-0.4, -0.2) is 8.07 Å². The summed E-state index contributed by atoms with van der Waals surface area (Å²) in [6.07, 6.45) is 8.12. The normalized spacial score (nSPS) is 18.2. The van der Waals surface area contributed by atoms with Gasteiger partial charge in [-0.25, -0.2) is 0 Å². The Morgan fingerprint density at radius 3 is 1.53 bits per heavy atom. The Bertz CT molecular complexity index is 1100. The van der Waals surface area contributed by atoms with Crippen LogP contribution in [0.2, 0.25) is 29.9 Å². The van der Waals surface area contributed by atoms with E-state index in [2.05, 4.69) is 117 Å². The summed E-state index contributed by atoms with van der Waals surface area (Å²) in [6, 6.07) is 35.9. The fourth-order valence-electron chi connectivity index (χ4n) is 7.01. The fourth-order valence-corrected chi connectivity index (χ4v) is 18.5. The van der Waals surface area contributed by atoms with E-state index in [0.717, 1.165) is 4.22 Å². The summed E-state index contributed by atoms with van der Waals surface area (Å²) in [4.78, 5) is 0. The van der Waals surface area contributed by atoms with Crippen LogP contribution in [0.3, 0.4) is 0 Å². The molecule has 2 aliphatic carbocycles. The molecule has 0 amide bonds. The van der Waals surface area contributed by atoms with E-state index in [-0.39, 0.29) is 0 Å². The van der Waals surface area contributed by atoms with Gasteiger partial charge < -0.3 is 0 Å². The fraction of sp³-hybridized carbons (Fsp3) is 0.353. The Labute approximate surface area is 223 Å². The van der Waals surface area contributed by atoms with E-state index < -0.39 is 24.7 Å². The third-order valence-electron chi connectivity index (χ3n) is 8.18. The standard InChI is InChI=1S/C13H21Si.3C7H7.Ti/c1-14(2,3)10-11-8-12-6-4-5-7-13(12)9-11;3*1-7-5-3-2-4-6-7;/h8-9H,4-7,10H2,1-3H3;3*2-6H,1H2;. The van der Waals surface area contributed by atoms with Gasteiger partial charge >= 0.3 is 225 Å². The minimum atomic E-state index is -2.69. The monoisotopic (exact) mass is 526 g/mol. The molecule has 2 aliphatic rings. The first-order chi connectivity index (χ1) is 17.4. The molecule has 0 spiro atoms. The molecule has 0 aromatic heterocycles.